The summed E-state index contributed by atoms with van der Waals surface area (Å²) in [6, 6.07) is 4.53. The molecule has 0 bridgehead atoms. The van der Waals surface area contributed by atoms with Gasteiger partial charge in [0.15, 0.2) is 0 Å². The van der Waals surface area contributed by atoms with Crippen LogP contribution in [-0.4, -0.2) is 24.1 Å². The molecule has 0 spiro atoms. The van der Waals surface area contributed by atoms with Crippen LogP contribution in [0.15, 0.2) is 18.2 Å². The summed E-state index contributed by atoms with van der Waals surface area (Å²) in [6.45, 7) is 6.06. The zero-order chi connectivity index (χ0) is 16.0. The van der Waals surface area contributed by atoms with E-state index < -0.39 is 5.97 Å². The molecule has 0 aromatic heterocycles. The Balaban J connectivity index is 2.88. The van der Waals surface area contributed by atoms with E-state index in [2.05, 4.69) is 19.2 Å². The Hall–Kier alpha value is -2.04. The predicted octanol–water partition coefficient (Wildman–Crippen LogP) is 3.40. The van der Waals surface area contributed by atoms with Gasteiger partial charge in [-0.1, -0.05) is 33.6 Å². The number of hydrogen-bond donors (Lipinski definition) is 2. The van der Waals surface area contributed by atoms with E-state index in [9.17, 15) is 9.59 Å². The molecule has 0 aliphatic rings. The summed E-state index contributed by atoms with van der Waals surface area (Å²) in [4.78, 5) is 23.2. The van der Waals surface area contributed by atoms with E-state index in [0.717, 1.165) is 12.8 Å². The zero-order valence-corrected chi connectivity index (χ0v) is 13.0. The van der Waals surface area contributed by atoms with Crippen molar-refractivity contribution in [3.8, 4) is 5.75 Å². The number of carboxylic acids is 1. The molecule has 5 heteroatoms. The first-order valence-corrected chi connectivity index (χ1v) is 7.16. The number of benzene rings is 1. The minimum Gasteiger partial charge on any atom is -0.496 e. The molecule has 1 atom stereocenters. The number of nitrogens with one attached hydrogen (secondary N) is 1. The van der Waals surface area contributed by atoms with Gasteiger partial charge in [-0.2, -0.15) is 0 Å². The maximum absolute atomic E-state index is 12.2. The largest absolute Gasteiger partial charge is 0.496 e. The molecular formula is C16H23NO4. The first-order valence-electron chi connectivity index (χ1n) is 7.16. The molecule has 0 saturated carbocycles. The second kappa shape index (κ2) is 7.67. The van der Waals surface area contributed by atoms with E-state index in [4.69, 9.17) is 9.84 Å². The van der Waals surface area contributed by atoms with Gasteiger partial charge in [0.05, 0.1) is 7.11 Å². The molecule has 1 amide bonds. The lowest BCUT2D eigenvalue weighted by atomic mass is 9.88. The van der Waals surface area contributed by atoms with Crippen LogP contribution in [0.2, 0.25) is 0 Å². The second-order valence-corrected chi connectivity index (χ2v) is 5.07. The fraction of sp³-hybridized carbons (Fsp3) is 0.500. The fourth-order valence-electron chi connectivity index (χ4n) is 2.41. The second-order valence-electron chi connectivity index (χ2n) is 5.07. The highest BCUT2D eigenvalue weighted by Crippen LogP contribution is 2.25. The van der Waals surface area contributed by atoms with Crippen molar-refractivity contribution in [3.05, 3.63) is 23.8 Å². The number of hydrogen-bond acceptors (Lipinski definition) is 3. The van der Waals surface area contributed by atoms with Crippen LogP contribution in [0, 0.1) is 11.8 Å². The molecule has 0 fully saturated rings. The summed E-state index contributed by atoms with van der Waals surface area (Å²) in [5.41, 5.74) is 0.614. The molecule has 0 aliphatic carbocycles. The molecular weight excluding hydrogens is 270 g/mol. The van der Waals surface area contributed by atoms with Gasteiger partial charge >= 0.3 is 5.97 Å². The van der Waals surface area contributed by atoms with Crippen molar-refractivity contribution in [1.82, 2.24) is 0 Å². The van der Waals surface area contributed by atoms with E-state index in [-0.39, 0.29) is 23.1 Å². The summed E-state index contributed by atoms with van der Waals surface area (Å²) in [5.74, 6) is -0.644. The fourth-order valence-corrected chi connectivity index (χ4v) is 2.41. The summed E-state index contributed by atoms with van der Waals surface area (Å²) in [6.07, 6.45) is 1.90. The maximum atomic E-state index is 12.2. The molecule has 1 unspecified atom stereocenters. The van der Waals surface area contributed by atoms with E-state index in [1.165, 1.54) is 19.2 Å². The standard InChI is InChI=1S/C16H23NO4/c1-5-11(6-2)10(3)15(18)17-12-7-8-13(16(19)20)14(9-12)21-4/h7-11H,5-6H2,1-4H3,(H,17,18)(H,19,20). The van der Waals surface area contributed by atoms with Gasteiger partial charge in [0.1, 0.15) is 11.3 Å². The van der Waals surface area contributed by atoms with Gasteiger partial charge in [0.2, 0.25) is 5.91 Å². The monoisotopic (exact) mass is 293 g/mol. The third-order valence-electron chi connectivity index (χ3n) is 3.87. The van der Waals surface area contributed by atoms with Gasteiger partial charge in [-0.25, -0.2) is 4.79 Å². The molecule has 21 heavy (non-hydrogen) atoms. The Morgan fingerprint density at radius 1 is 1.29 bits per heavy atom. The first-order chi connectivity index (χ1) is 9.94. The zero-order valence-electron chi connectivity index (χ0n) is 13.0. The van der Waals surface area contributed by atoms with Crippen LogP contribution < -0.4 is 10.1 Å². The van der Waals surface area contributed by atoms with E-state index in [1.807, 2.05) is 6.92 Å². The van der Waals surface area contributed by atoms with E-state index in [0.29, 0.717) is 11.6 Å². The van der Waals surface area contributed by atoms with Crippen molar-refractivity contribution < 1.29 is 19.4 Å². The molecule has 0 aliphatic heterocycles. The van der Waals surface area contributed by atoms with Gasteiger partial charge in [-0.3, -0.25) is 4.79 Å². The summed E-state index contributed by atoms with van der Waals surface area (Å²) in [5, 5.41) is 11.8. The van der Waals surface area contributed by atoms with Crippen molar-refractivity contribution in [1.29, 1.82) is 0 Å². The Morgan fingerprint density at radius 2 is 1.90 bits per heavy atom. The van der Waals surface area contributed by atoms with Crippen LogP contribution in [-0.2, 0) is 4.79 Å². The molecule has 5 nitrogen and oxygen atoms in total. The number of anilines is 1. The average molecular weight is 293 g/mol. The molecule has 0 saturated heterocycles. The number of methoxy groups -OCH3 is 1. The Morgan fingerprint density at radius 3 is 2.38 bits per heavy atom. The lowest BCUT2D eigenvalue weighted by Crippen LogP contribution is -2.26. The molecule has 1 aromatic carbocycles. The lowest BCUT2D eigenvalue weighted by molar-refractivity contribution is -0.121. The quantitative estimate of drug-likeness (QED) is 0.808. The van der Waals surface area contributed by atoms with Crippen LogP contribution in [0.1, 0.15) is 44.0 Å². The first kappa shape index (κ1) is 17.0. The highest BCUT2D eigenvalue weighted by Gasteiger charge is 2.21. The van der Waals surface area contributed by atoms with Crippen LogP contribution in [0.25, 0.3) is 0 Å². The molecule has 116 valence electrons. The SMILES string of the molecule is CCC(CC)C(C)C(=O)Nc1ccc(C(=O)O)c(OC)c1. The van der Waals surface area contributed by atoms with Gasteiger partial charge in [-0.05, 0) is 18.1 Å². The highest BCUT2D eigenvalue weighted by atomic mass is 16.5. The summed E-state index contributed by atoms with van der Waals surface area (Å²) >= 11 is 0. The van der Waals surface area contributed by atoms with Crippen LogP contribution in [0.4, 0.5) is 5.69 Å². The van der Waals surface area contributed by atoms with Crippen molar-refractivity contribution in [2.45, 2.75) is 33.6 Å². The predicted molar refractivity (Wildman–Crippen MR) is 81.8 cm³/mol. The third kappa shape index (κ3) is 4.21. The topological polar surface area (TPSA) is 75.6 Å². The summed E-state index contributed by atoms with van der Waals surface area (Å²) in [7, 11) is 1.40. The number of carboxylic acid groups (broad SMARTS) is 1. The maximum Gasteiger partial charge on any atom is 0.339 e. The van der Waals surface area contributed by atoms with Crippen molar-refractivity contribution in [2.24, 2.45) is 11.8 Å². The molecule has 2 N–H and O–H groups in total. The minimum atomic E-state index is -1.06. The molecule has 1 aromatic rings. The smallest absolute Gasteiger partial charge is 0.339 e. The van der Waals surface area contributed by atoms with E-state index in [1.54, 1.807) is 6.07 Å². The minimum absolute atomic E-state index is 0.0613. The number of aromatic carboxylic acids is 1. The van der Waals surface area contributed by atoms with Crippen LogP contribution in [0.3, 0.4) is 0 Å². The van der Waals surface area contributed by atoms with Crippen molar-refractivity contribution in [3.63, 3.8) is 0 Å². The van der Waals surface area contributed by atoms with Gasteiger partial charge in [-0.15, -0.1) is 0 Å². The number of amides is 1. The van der Waals surface area contributed by atoms with Gasteiger partial charge in [0.25, 0.3) is 0 Å². The van der Waals surface area contributed by atoms with Crippen molar-refractivity contribution >= 4 is 17.6 Å². The number of ether oxygens (including phenoxy) is 1. The summed E-state index contributed by atoms with van der Waals surface area (Å²) < 4.78 is 5.05. The molecule has 0 heterocycles. The molecule has 0 radical (unpaired) electrons. The van der Waals surface area contributed by atoms with E-state index >= 15 is 0 Å². The highest BCUT2D eigenvalue weighted by molar-refractivity contribution is 5.95. The third-order valence-corrected chi connectivity index (χ3v) is 3.87. The van der Waals surface area contributed by atoms with Crippen LogP contribution in [0.5, 0.6) is 5.75 Å². The van der Waals surface area contributed by atoms with Gasteiger partial charge in [0, 0.05) is 17.7 Å². The Labute approximate surface area is 125 Å². The van der Waals surface area contributed by atoms with Crippen LogP contribution >= 0.6 is 0 Å². The number of carbonyl (C=O) groups is 2. The number of rotatable bonds is 7. The lowest BCUT2D eigenvalue weighted by Gasteiger charge is -2.20. The number of carbonyl (C=O) groups excluding carboxylic acids is 1. The molecule has 1 rings (SSSR count). The van der Waals surface area contributed by atoms with Crippen molar-refractivity contribution in [2.75, 3.05) is 12.4 Å². The normalized spacial score (nSPS) is 12.0. The average Bonchev–Trinajstić information content (AvgIpc) is 2.47. The Kier molecular flexibility index (Phi) is 6.21. The Bertz CT molecular complexity index is 509. The van der Waals surface area contributed by atoms with Gasteiger partial charge < -0.3 is 15.2 Å².